The molecule has 2 rings (SSSR count). The molecule has 0 saturated heterocycles. The van der Waals surface area contributed by atoms with E-state index < -0.39 is 4.92 Å². The maximum atomic E-state index is 10.7. The minimum absolute atomic E-state index is 0.0941. The summed E-state index contributed by atoms with van der Waals surface area (Å²) in [6.45, 7) is 0.510. The first-order valence-electron chi connectivity index (χ1n) is 5.73. The molecule has 1 N–H and O–H groups in total. The molecule has 2 aromatic rings. The van der Waals surface area contributed by atoms with Crippen LogP contribution in [0.15, 0.2) is 48.5 Å². The molecule has 0 heterocycles. The van der Waals surface area contributed by atoms with Gasteiger partial charge in [0.25, 0.3) is 5.69 Å². The van der Waals surface area contributed by atoms with Gasteiger partial charge >= 0.3 is 0 Å². The summed E-state index contributed by atoms with van der Waals surface area (Å²) in [5.41, 5.74) is 2.63. The lowest BCUT2D eigenvalue weighted by atomic mass is 10.2. The largest absolute Gasteiger partial charge is 0.381 e. The van der Waals surface area contributed by atoms with E-state index in [1.165, 1.54) is 6.07 Å². The van der Waals surface area contributed by atoms with Gasteiger partial charge in [0.2, 0.25) is 0 Å². The monoisotopic (exact) mass is 252 g/mol. The molecule has 0 atom stereocenters. The Morgan fingerprint density at radius 3 is 2.74 bits per heavy atom. The molecule has 19 heavy (non-hydrogen) atoms. The summed E-state index contributed by atoms with van der Waals surface area (Å²) < 4.78 is 0. The molecule has 2 aromatic carbocycles. The zero-order valence-electron chi connectivity index (χ0n) is 10.2. The Kier molecular flexibility index (Phi) is 3.79. The molecule has 94 valence electrons. The molecule has 0 aliphatic carbocycles. The lowest BCUT2D eigenvalue weighted by molar-refractivity contribution is -0.384. The third-order valence-electron chi connectivity index (χ3n) is 2.65. The van der Waals surface area contributed by atoms with Crippen molar-refractivity contribution < 1.29 is 4.92 Å². The summed E-state index contributed by atoms with van der Waals surface area (Å²) in [6.07, 6.45) is 5.33. The van der Waals surface area contributed by atoms with Crippen molar-refractivity contribution in [2.75, 3.05) is 5.32 Å². The Hall–Kier alpha value is -2.80. The van der Waals surface area contributed by atoms with Gasteiger partial charge < -0.3 is 5.32 Å². The highest BCUT2D eigenvalue weighted by molar-refractivity contribution is 5.50. The summed E-state index contributed by atoms with van der Waals surface area (Å²) in [6, 6.07) is 14.0. The van der Waals surface area contributed by atoms with Crippen LogP contribution in [-0.2, 0) is 6.54 Å². The van der Waals surface area contributed by atoms with Gasteiger partial charge in [-0.3, -0.25) is 10.1 Å². The zero-order chi connectivity index (χ0) is 13.7. The van der Waals surface area contributed by atoms with Gasteiger partial charge in [0, 0.05) is 29.9 Å². The van der Waals surface area contributed by atoms with Crippen molar-refractivity contribution in [3.05, 3.63) is 69.8 Å². The van der Waals surface area contributed by atoms with Gasteiger partial charge in [-0.1, -0.05) is 24.1 Å². The van der Waals surface area contributed by atoms with Crippen LogP contribution in [0.4, 0.5) is 11.4 Å². The molecule has 0 fully saturated rings. The smallest absolute Gasteiger partial charge is 0.269 e. The molecule has 0 bridgehead atoms. The lowest BCUT2D eigenvalue weighted by Crippen LogP contribution is -2.00. The minimum Gasteiger partial charge on any atom is -0.381 e. The topological polar surface area (TPSA) is 55.2 Å². The van der Waals surface area contributed by atoms with E-state index in [9.17, 15) is 10.1 Å². The molecule has 0 amide bonds. The fourth-order valence-electron chi connectivity index (χ4n) is 1.70. The number of nitrogens with zero attached hydrogens (tertiary/aromatic N) is 1. The molecular weight excluding hydrogens is 240 g/mol. The highest BCUT2D eigenvalue weighted by atomic mass is 16.6. The molecule has 0 radical (unpaired) electrons. The molecule has 0 unspecified atom stereocenters. The number of nitro groups is 1. The quantitative estimate of drug-likeness (QED) is 0.516. The molecule has 4 nitrogen and oxygen atoms in total. The molecular formula is C15H12N2O2. The van der Waals surface area contributed by atoms with E-state index >= 15 is 0 Å². The van der Waals surface area contributed by atoms with Crippen molar-refractivity contribution in [3.63, 3.8) is 0 Å². The van der Waals surface area contributed by atoms with E-state index in [2.05, 4.69) is 11.2 Å². The molecule has 0 aliphatic rings. The van der Waals surface area contributed by atoms with E-state index in [0.29, 0.717) is 6.54 Å². The number of terminal acetylenes is 1. The Morgan fingerprint density at radius 1 is 1.21 bits per heavy atom. The number of hydrogen-bond donors (Lipinski definition) is 1. The van der Waals surface area contributed by atoms with Crippen LogP contribution in [0.3, 0.4) is 0 Å². The third-order valence-corrected chi connectivity index (χ3v) is 2.65. The summed E-state index contributed by atoms with van der Waals surface area (Å²) >= 11 is 0. The Morgan fingerprint density at radius 2 is 2.00 bits per heavy atom. The van der Waals surface area contributed by atoms with Crippen LogP contribution in [0.1, 0.15) is 11.1 Å². The molecule has 0 saturated carbocycles. The first-order chi connectivity index (χ1) is 9.19. The van der Waals surface area contributed by atoms with E-state index in [1.54, 1.807) is 12.1 Å². The molecule has 0 aliphatic heterocycles. The number of rotatable bonds is 4. The average molecular weight is 252 g/mol. The summed E-state index contributed by atoms with van der Waals surface area (Å²) in [7, 11) is 0. The average Bonchev–Trinajstić information content (AvgIpc) is 2.45. The van der Waals surface area contributed by atoms with Crippen LogP contribution in [0, 0.1) is 22.5 Å². The number of non-ortho nitro benzene ring substituents is 1. The lowest BCUT2D eigenvalue weighted by Gasteiger charge is -2.06. The maximum absolute atomic E-state index is 10.7. The van der Waals surface area contributed by atoms with Gasteiger partial charge in [-0.25, -0.2) is 0 Å². The minimum atomic E-state index is -0.400. The van der Waals surface area contributed by atoms with Crippen molar-refractivity contribution in [2.24, 2.45) is 0 Å². The summed E-state index contributed by atoms with van der Waals surface area (Å²) in [5, 5.41) is 13.9. The predicted octanol–water partition coefficient (Wildman–Crippen LogP) is 3.19. The Balaban J connectivity index is 2.08. The maximum Gasteiger partial charge on any atom is 0.269 e. The first-order valence-corrected chi connectivity index (χ1v) is 5.73. The number of nitrogens with one attached hydrogen (secondary N) is 1. The van der Waals surface area contributed by atoms with Gasteiger partial charge in [0.15, 0.2) is 0 Å². The van der Waals surface area contributed by atoms with Gasteiger partial charge in [-0.05, 0) is 23.8 Å². The second-order valence-corrected chi connectivity index (χ2v) is 4.01. The standard InChI is InChI=1S/C15H12N2O2/c1-2-12-5-3-7-14(9-12)16-11-13-6-4-8-15(10-13)17(18)19/h1,3-10,16H,11H2. The predicted molar refractivity (Wildman–Crippen MR) is 74.8 cm³/mol. The Labute approximate surface area is 111 Å². The Bertz CT molecular complexity index is 645. The molecule has 0 aromatic heterocycles. The SMILES string of the molecule is C#Cc1cccc(NCc2cccc([N+](=O)[O-])c2)c1. The highest BCUT2D eigenvalue weighted by Gasteiger charge is 2.05. The molecule has 4 heteroatoms. The van der Waals surface area contributed by atoms with E-state index in [4.69, 9.17) is 6.42 Å². The van der Waals surface area contributed by atoms with E-state index in [0.717, 1.165) is 16.8 Å². The van der Waals surface area contributed by atoms with Gasteiger partial charge in [0.1, 0.15) is 0 Å². The van der Waals surface area contributed by atoms with Crippen LogP contribution in [0.5, 0.6) is 0 Å². The second kappa shape index (κ2) is 5.69. The van der Waals surface area contributed by atoms with Gasteiger partial charge in [-0.15, -0.1) is 6.42 Å². The van der Waals surface area contributed by atoms with Gasteiger partial charge in [-0.2, -0.15) is 0 Å². The summed E-state index contributed by atoms with van der Waals surface area (Å²) in [4.78, 5) is 10.3. The second-order valence-electron chi connectivity index (χ2n) is 4.01. The van der Waals surface area contributed by atoms with Crippen LogP contribution in [0.25, 0.3) is 0 Å². The van der Waals surface area contributed by atoms with E-state index in [-0.39, 0.29) is 5.69 Å². The number of anilines is 1. The molecule has 0 spiro atoms. The summed E-state index contributed by atoms with van der Waals surface area (Å²) in [5.74, 6) is 2.56. The number of nitro benzene ring substituents is 1. The van der Waals surface area contributed by atoms with Crippen LogP contribution in [0.2, 0.25) is 0 Å². The number of benzene rings is 2. The normalized spacial score (nSPS) is 9.63. The number of hydrogen-bond acceptors (Lipinski definition) is 3. The first kappa shape index (κ1) is 12.7. The highest BCUT2D eigenvalue weighted by Crippen LogP contribution is 2.15. The van der Waals surface area contributed by atoms with Crippen molar-refractivity contribution in [2.45, 2.75) is 6.54 Å². The van der Waals surface area contributed by atoms with Crippen molar-refractivity contribution in [3.8, 4) is 12.3 Å². The van der Waals surface area contributed by atoms with Crippen molar-refractivity contribution in [1.82, 2.24) is 0 Å². The fraction of sp³-hybridized carbons (Fsp3) is 0.0667. The van der Waals surface area contributed by atoms with Gasteiger partial charge in [0.05, 0.1) is 4.92 Å². The van der Waals surface area contributed by atoms with Crippen LogP contribution in [-0.4, -0.2) is 4.92 Å². The van der Waals surface area contributed by atoms with Crippen LogP contribution < -0.4 is 5.32 Å². The third kappa shape index (κ3) is 3.33. The zero-order valence-corrected chi connectivity index (χ0v) is 10.2. The van der Waals surface area contributed by atoms with Crippen LogP contribution >= 0.6 is 0 Å². The van der Waals surface area contributed by atoms with Crippen molar-refractivity contribution in [1.29, 1.82) is 0 Å². The fourth-order valence-corrected chi connectivity index (χ4v) is 1.70. The van der Waals surface area contributed by atoms with E-state index in [1.807, 2.05) is 30.3 Å². The van der Waals surface area contributed by atoms with Crippen molar-refractivity contribution >= 4 is 11.4 Å².